The molecule has 6 fully saturated rings. The summed E-state index contributed by atoms with van der Waals surface area (Å²) in [7, 11) is 7.10. The van der Waals surface area contributed by atoms with Gasteiger partial charge in [0.15, 0.2) is 0 Å². The summed E-state index contributed by atoms with van der Waals surface area (Å²) in [4.78, 5) is 52.4. The van der Waals surface area contributed by atoms with Crippen LogP contribution in [-0.2, 0) is 76.0 Å². The maximum atomic E-state index is 16.4. The molecule has 6 bridgehead atoms. The topological polar surface area (TPSA) is 168 Å². The number of nitrogens with one attached hydrogen (secondary N) is 2. The van der Waals surface area contributed by atoms with Gasteiger partial charge in [0.2, 0.25) is 5.91 Å². The van der Waals surface area contributed by atoms with Crippen molar-refractivity contribution in [1.82, 2.24) is 44.9 Å². The number of aliphatic imine (C=N–C) groups is 1. The number of carbonyl (C=O) groups is 3. The van der Waals surface area contributed by atoms with Gasteiger partial charge in [0, 0.05) is 150 Å². The summed E-state index contributed by atoms with van der Waals surface area (Å²) in [5.74, 6) is 0.673. The average Bonchev–Trinajstić information content (AvgIpc) is 1.62. The number of thiazole rings is 1. The minimum atomic E-state index is -4.73. The van der Waals surface area contributed by atoms with Gasteiger partial charge in [-0.15, -0.1) is 24.4 Å². The third-order valence-electron chi connectivity index (χ3n) is 17.4. The first-order valence-electron chi connectivity index (χ1n) is 30.9. The van der Waals surface area contributed by atoms with E-state index in [4.69, 9.17) is 14.5 Å². The SMILES string of the molecule is C=C(C=N/C(=C/c1c2c3cc(c(F)cc3n1CC(F)(F)F)-c1csc(n1)CC(NC)C(=C)N1CCCC(N1)C(=O)OCC(C)(C)C2)C(C)OC)N1CCN(CC(F)(F)F)CC1.CC[N-]C.CN1C(C(=O)N2CC[N-]CC2)C1C1CC1.O=CCC1CCCC1.[Y]. The molecule has 1 radical (unpaired) electrons. The number of benzene rings is 1. The zero-order valence-corrected chi connectivity index (χ0v) is 56.7. The Hall–Kier alpha value is -4.18. The molecule has 2 aliphatic carbocycles. The fraction of sp³-hybridized carbons (Fsp3) is 0.667. The minimum Gasteiger partial charge on any atom is -0.665 e. The van der Waals surface area contributed by atoms with E-state index in [1.165, 1.54) is 80.2 Å². The Bertz CT molecular complexity index is 2890. The third-order valence-corrected chi connectivity index (χ3v) is 18.2. The van der Waals surface area contributed by atoms with Crippen molar-refractivity contribution >= 4 is 52.7 Å². The summed E-state index contributed by atoms with van der Waals surface area (Å²) in [5.41, 5.74) is 4.67. The first-order valence-corrected chi connectivity index (χ1v) is 31.7. The Morgan fingerprint density at radius 3 is 2.27 bits per heavy atom. The molecule has 2 N–H and O–H groups in total. The number of allylic oxidation sites excluding steroid dienone is 1. The number of hydrogen-bond acceptors (Lipinski definition) is 14. The van der Waals surface area contributed by atoms with E-state index in [-0.39, 0.29) is 106 Å². The monoisotopic (exact) mass is 1350 g/mol. The van der Waals surface area contributed by atoms with Gasteiger partial charge < -0.3 is 49.6 Å². The molecule has 4 saturated heterocycles. The predicted octanol–water partition coefficient (Wildman–Crippen LogP) is 10.4. The molecule has 0 spiro atoms. The van der Waals surface area contributed by atoms with E-state index in [9.17, 15) is 40.7 Å². The van der Waals surface area contributed by atoms with E-state index in [0.29, 0.717) is 70.8 Å². The molecule has 5 aliphatic heterocycles. The normalized spacial score (nSPS) is 24.1. The Morgan fingerprint density at radius 1 is 1.01 bits per heavy atom. The Balaban J connectivity index is 0.000000365. The van der Waals surface area contributed by atoms with E-state index in [1.807, 2.05) is 30.7 Å². The number of hydrazine groups is 1. The van der Waals surface area contributed by atoms with Crippen molar-refractivity contribution in [2.24, 2.45) is 22.2 Å². The van der Waals surface area contributed by atoms with Gasteiger partial charge in [-0.1, -0.05) is 59.6 Å². The fourth-order valence-corrected chi connectivity index (χ4v) is 12.8. The zero-order chi connectivity index (χ0) is 64.1. The summed E-state index contributed by atoms with van der Waals surface area (Å²) in [6.07, 6.45) is 4.59. The molecule has 26 heteroatoms. The predicted molar refractivity (Wildman–Crippen MR) is 332 cm³/mol. The zero-order valence-electron chi connectivity index (χ0n) is 53.0. The number of esters is 1. The van der Waals surface area contributed by atoms with Gasteiger partial charge in [-0.3, -0.25) is 24.4 Å². The van der Waals surface area contributed by atoms with Crippen LogP contribution in [0.25, 0.3) is 38.9 Å². The third kappa shape index (κ3) is 21.2. The van der Waals surface area contributed by atoms with Crippen molar-refractivity contribution in [2.75, 3.05) is 107 Å². The van der Waals surface area contributed by atoms with Crippen LogP contribution in [0, 0.1) is 23.1 Å². The van der Waals surface area contributed by atoms with Crippen LogP contribution in [0.3, 0.4) is 0 Å². The summed E-state index contributed by atoms with van der Waals surface area (Å²) in [6, 6.07) is 2.46. The first-order chi connectivity index (χ1) is 41.8. The number of aromatic nitrogens is 2. The Kier molecular flexibility index (Phi) is 27.9. The molecule has 493 valence electrons. The van der Waals surface area contributed by atoms with Crippen molar-refractivity contribution in [3.8, 4) is 11.3 Å². The van der Waals surface area contributed by atoms with Crippen molar-refractivity contribution in [3.63, 3.8) is 0 Å². The van der Waals surface area contributed by atoms with E-state index in [0.717, 1.165) is 67.9 Å². The number of cyclic esters (lactones) is 1. The molecular formula is C63H91F7N12O5SY-2. The molecule has 6 unspecified atom stereocenters. The van der Waals surface area contributed by atoms with Crippen LogP contribution in [0.5, 0.6) is 0 Å². The van der Waals surface area contributed by atoms with Gasteiger partial charge >= 0.3 is 18.3 Å². The van der Waals surface area contributed by atoms with Crippen LogP contribution in [0.15, 0.2) is 52.8 Å². The van der Waals surface area contributed by atoms with Crippen molar-refractivity contribution in [1.29, 1.82) is 0 Å². The van der Waals surface area contributed by atoms with Crippen LogP contribution < -0.4 is 10.7 Å². The number of amides is 1. The standard InChI is InChI=1S/C42H53F7N8O3S.C11H18N3O.C7H12O.C3H8N.Y/c1-25(55-13-11-54(12-14-55)22-41(44,45)46)20-51-34(27(3)59-7)17-37-30-19-40(4,5)24-60-39(58)32-9-8-10-57(53-32)26(2)33(50-6)18-38-52-35(21-61-38)29-15-28(30)36(16-31(29)43)56(37)23-42(47,48)49;1-13-9(8-2-3-8)10(13)11(15)14-6-4-12-5-7-14;8-6-5-7-3-1-2-4-7;1-3-4-2;/h15-17,20-21,27,32-33,50,53H,1-2,8-14,18-19,22-24H2,3-7H3;8-10H,2-7H2,1H3;6-7H,1-5H2;3H2,1-2H3;/q;-1;;-1;/b34-17+,51-20?;;;;. The molecule has 10 rings (SSSR count). The van der Waals surface area contributed by atoms with Crippen LogP contribution >= 0.6 is 11.3 Å². The first kappa shape index (κ1) is 73.9. The number of nitrogens with zero attached hydrogens (tertiary/aromatic N) is 10. The second-order valence-corrected chi connectivity index (χ2v) is 25.6. The number of carbonyl (C=O) groups excluding carboxylic acids is 3. The van der Waals surface area contributed by atoms with E-state index in [2.05, 4.69) is 51.5 Å². The second kappa shape index (κ2) is 33.6. The molecule has 89 heavy (non-hydrogen) atoms. The summed E-state index contributed by atoms with van der Waals surface area (Å²) in [5, 5.41) is 15.8. The van der Waals surface area contributed by atoms with Gasteiger partial charge in [0.1, 0.15) is 30.7 Å². The number of halogens is 7. The number of aldehydes is 1. The molecule has 17 nitrogen and oxygen atoms in total. The van der Waals surface area contributed by atoms with E-state index >= 15 is 4.39 Å². The van der Waals surface area contributed by atoms with Crippen LogP contribution in [0.1, 0.15) is 102 Å². The van der Waals surface area contributed by atoms with Gasteiger partial charge in [-0.05, 0) is 88.7 Å². The summed E-state index contributed by atoms with van der Waals surface area (Å²) in [6.45, 7) is 18.9. The molecule has 1 amide bonds. The van der Waals surface area contributed by atoms with Crippen LogP contribution in [0.4, 0.5) is 30.7 Å². The largest absolute Gasteiger partial charge is 0.665 e. The molecule has 3 aromatic rings. The molecule has 7 heterocycles. The van der Waals surface area contributed by atoms with Gasteiger partial charge in [0.25, 0.3) is 0 Å². The van der Waals surface area contributed by atoms with E-state index in [1.54, 1.807) is 31.3 Å². The maximum Gasteiger partial charge on any atom is 0.406 e. The quantitative estimate of drug-likeness (QED) is 0.0516. The van der Waals surface area contributed by atoms with Gasteiger partial charge in [-0.2, -0.15) is 39.9 Å². The average molecular weight is 1350 g/mol. The molecule has 7 aliphatic rings. The molecule has 1 aromatic carbocycles. The van der Waals surface area contributed by atoms with E-state index < -0.39 is 54.8 Å². The molecular weight excluding hydrogens is 1260 g/mol. The minimum absolute atomic E-state index is 0. The molecule has 2 aromatic heterocycles. The smallest absolute Gasteiger partial charge is 0.406 e. The number of methoxy groups -OCH3 is 1. The second-order valence-electron chi connectivity index (χ2n) is 24.7. The summed E-state index contributed by atoms with van der Waals surface area (Å²) >= 11 is 1.32. The molecule has 2 saturated carbocycles. The number of likely N-dealkylation sites (N-methyl/N-ethyl adjacent to an activating group) is 2. The van der Waals surface area contributed by atoms with Crippen molar-refractivity contribution < 1.29 is 87.3 Å². The Labute approximate surface area is 549 Å². The Morgan fingerprint density at radius 2 is 1.67 bits per heavy atom. The van der Waals surface area contributed by atoms with Gasteiger partial charge in [0.05, 0.1) is 47.2 Å². The van der Waals surface area contributed by atoms with Gasteiger partial charge in [-0.25, -0.2) is 14.8 Å². The summed E-state index contributed by atoms with van der Waals surface area (Å²) < 4.78 is 112. The molecule has 6 atom stereocenters. The number of hydrogen-bond donors (Lipinski definition) is 2. The number of ether oxygens (including phenoxy) is 2. The van der Waals surface area contributed by atoms with Crippen LogP contribution in [-0.4, -0.2) is 208 Å². The number of piperazine rings is 2. The number of alkyl halides is 6. The fourth-order valence-electron chi connectivity index (χ4n) is 12.0. The van der Waals surface area contributed by atoms with Crippen molar-refractivity contribution in [3.05, 3.63) is 80.5 Å². The maximum absolute atomic E-state index is 16.4. The number of fused-ring (bicyclic) bond motifs is 6. The number of rotatable bonds is 14. The van der Waals surface area contributed by atoms with Crippen LogP contribution in [0.2, 0.25) is 0 Å². The van der Waals surface area contributed by atoms with Crippen molar-refractivity contribution in [2.45, 2.75) is 147 Å².